The smallest absolute Gasteiger partial charge is 0.325 e. The first-order valence-electron chi connectivity index (χ1n) is 1.80. The fraction of sp³-hybridized carbons (Fsp3) is 1.00. The van der Waals surface area contributed by atoms with E-state index in [1.165, 1.54) is 0 Å². The van der Waals surface area contributed by atoms with Crippen LogP contribution in [0, 0.1) is 0 Å². The van der Waals surface area contributed by atoms with E-state index in [-0.39, 0.29) is 5.25 Å². The molecule has 0 amide bonds. The molecule has 1 atom stereocenters. The first-order chi connectivity index (χ1) is 2.81. The van der Waals surface area contributed by atoms with Gasteiger partial charge in [-0.3, -0.25) is 0 Å². The molecule has 0 spiro atoms. The first kappa shape index (κ1) is 5.98. The summed E-state index contributed by atoms with van der Waals surface area (Å²) in [6.45, 7) is 2.28. The van der Waals surface area contributed by atoms with Gasteiger partial charge in [0.25, 0.3) is 0 Å². The van der Waals surface area contributed by atoms with Crippen LogP contribution in [0.15, 0.2) is 0 Å². The van der Waals surface area contributed by atoms with Crippen LogP contribution in [0.25, 0.3) is 0 Å². The third-order valence-electron chi connectivity index (χ3n) is 0.496. The first-order valence-corrected chi connectivity index (χ1v) is 2.60. The highest BCUT2D eigenvalue weighted by Crippen LogP contribution is 1.74. The van der Waals surface area contributed by atoms with Crippen molar-refractivity contribution in [1.29, 1.82) is 0 Å². The maximum absolute atomic E-state index is 9.70. The Kier molecular flexibility index (Phi) is 3.17. The molecule has 6 heavy (non-hydrogen) atoms. The highest BCUT2D eigenvalue weighted by atomic mass is 32.1. The largest absolute Gasteiger partial charge is 0.463 e. The van der Waals surface area contributed by atoms with Crippen molar-refractivity contribution < 1.29 is 4.21 Å². The minimum absolute atomic E-state index is 0.0741. The standard InChI is InChI=1S/C3H8NOS/c1-3(2-4)6-5/h3H,2,4H2,1H3/q+1. The molecule has 0 fully saturated rings. The molecule has 1 unspecified atom stereocenters. The van der Waals surface area contributed by atoms with Crippen LogP contribution in [0.1, 0.15) is 6.92 Å². The van der Waals surface area contributed by atoms with Crippen molar-refractivity contribution in [1.82, 2.24) is 0 Å². The lowest BCUT2D eigenvalue weighted by Crippen LogP contribution is -2.14. The van der Waals surface area contributed by atoms with E-state index in [9.17, 15) is 4.21 Å². The molecular formula is C3H8NOS+. The summed E-state index contributed by atoms with van der Waals surface area (Å²) in [6, 6.07) is 0. The predicted octanol–water partition coefficient (Wildman–Crippen LogP) is -0.238. The van der Waals surface area contributed by atoms with Crippen LogP contribution < -0.4 is 5.73 Å². The second-order valence-electron chi connectivity index (χ2n) is 1.14. The average molecular weight is 106 g/mol. The van der Waals surface area contributed by atoms with Crippen LogP contribution in [0.5, 0.6) is 0 Å². The Labute approximate surface area is 41.2 Å². The van der Waals surface area contributed by atoms with Gasteiger partial charge < -0.3 is 5.73 Å². The minimum atomic E-state index is 0.0741. The molecule has 0 aromatic carbocycles. The van der Waals surface area contributed by atoms with Crippen LogP contribution in [0.2, 0.25) is 0 Å². The van der Waals surface area contributed by atoms with Gasteiger partial charge >= 0.3 is 11.7 Å². The van der Waals surface area contributed by atoms with E-state index in [0.717, 1.165) is 0 Å². The van der Waals surface area contributed by atoms with Crippen molar-refractivity contribution in [3.05, 3.63) is 0 Å². The molecule has 2 nitrogen and oxygen atoms in total. The topological polar surface area (TPSA) is 43.1 Å². The van der Waals surface area contributed by atoms with E-state index in [1.807, 2.05) is 0 Å². The van der Waals surface area contributed by atoms with Gasteiger partial charge in [-0.05, 0) is 6.92 Å². The normalized spacial score (nSPS) is 13.7. The second-order valence-corrected chi connectivity index (χ2v) is 2.14. The Hall–Kier alpha value is -0.0200. The molecule has 0 heterocycles. The lowest BCUT2D eigenvalue weighted by molar-refractivity contribution is 0.599. The molecule has 0 rings (SSSR count). The number of rotatable bonds is 2. The summed E-state index contributed by atoms with van der Waals surface area (Å²) < 4.78 is 9.70. The molecule has 0 aromatic rings. The quantitative estimate of drug-likeness (QED) is 0.494. The van der Waals surface area contributed by atoms with Crippen molar-refractivity contribution in [2.24, 2.45) is 5.73 Å². The molecule has 0 saturated carbocycles. The summed E-state index contributed by atoms with van der Waals surface area (Å²) in [5.41, 5.74) is 5.06. The Balaban J connectivity index is 2.96. The van der Waals surface area contributed by atoms with E-state index in [4.69, 9.17) is 5.73 Å². The fourth-order valence-electron chi connectivity index (χ4n) is 0.0393. The third kappa shape index (κ3) is 2.23. The van der Waals surface area contributed by atoms with E-state index in [2.05, 4.69) is 0 Å². The Bertz CT molecular complexity index is 48.1. The predicted molar refractivity (Wildman–Crippen MR) is 26.6 cm³/mol. The summed E-state index contributed by atoms with van der Waals surface area (Å²) in [5, 5.41) is 0.0741. The molecule has 0 bridgehead atoms. The average Bonchev–Trinajstić information content (AvgIpc) is 1.65. The van der Waals surface area contributed by atoms with Gasteiger partial charge in [-0.1, -0.05) is 0 Å². The lowest BCUT2D eigenvalue weighted by Gasteiger charge is -1.75. The molecule has 2 N–H and O–H groups in total. The van der Waals surface area contributed by atoms with Crippen LogP contribution in [-0.4, -0.2) is 11.8 Å². The van der Waals surface area contributed by atoms with E-state index >= 15 is 0 Å². The molecular weight excluding hydrogens is 98.1 g/mol. The number of nitrogens with two attached hydrogens (primary N) is 1. The van der Waals surface area contributed by atoms with Gasteiger partial charge in [-0.15, -0.1) is 0 Å². The van der Waals surface area contributed by atoms with Gasteiger partial charge in [0, 0.05) is 4.21 Å². The fourth-order valence-corrected chi connectivity index (χ4v) is 0.118. The molecule has 3 heteroatoms. The van der Waals surface area contributed by atoms with Gasteiger partial charge in [0.05, 0.1) is 6.54 Å². The Morgan fingerprint density at radius 1 is 2.00 bits per heavy atom. The zero-order chi connectivity index (χ0) is 4.99. The SMILES string of the molecule is CC(CN)[S+]=O. The number of hydrogen-bond donors (Lipinski definition) is 1. The molecule has 36 valence electrons. The molecule has 0 aromatic heterocycles. The van der Waals surface area contributed by atoms with Crippen molar-refractivity contribution >= 4 is 11.7 Å². The van der Waals surface area contributed by atoms with Gasteiger partial charge in [0.15, 0.2) is 0 Å². The summed E-state index contributed by atoms with van der Waals surface area (Å²) in [6.07, 6.45) is 0. The Morgan fingerprint density at radius 3 is 2.50 bits per heavy atom. The van der Waals surface area contributed by atoms with Gasteiger partial charge in [-0.25, -0.2) is 0 Å². The van der Waals surface area contributed by atoms with Crippen molar-refractivity contribution in [3.63, 3.8) is 0 Å². The van der Waals surface area contributed by atoms with E-state index in [1.54, 1.807) is 6.92 Å². The molecule has 0 aliphatic heterocycles. The van der Waals surface area contributed by atoms with E-state index in [0.29, 0.717) is 18.2 Å². The van der Waals surface area contributed by atoms with Gasteiger partial charge in [0.2, 0.25) is 5.25 Å². The van der Waals surface area contributed by atoms with Crippen molar-refractivity contribution in [2.75, 3.05) is 6.54 Å². The van der Waals surface area contributed by atoms with Crippen molar-refractivity contribution in [3.8, 4) is 0 Å². The minimum Gasteiger partial charge on any atom is -0.325 e. The molecule has 0 aliphatic carbocycles. The monoisotopic (exact) mass is 106 g/mol. The van der Waals surface area contributed by atoms with E-state index < -0.39 is 0 Å². The zero-order valence-electron chi connectivity index (χ0n) is 3.68. The van der Waals surface area contributed by atoms with Gasteiger partial charge in [0.1, 0.15) is 0 Å². The maximum Gasteiger partial charge on any atom is 0.463 e. The second kappa shape index (κ2) is 3.18. The summed E-state index contributed by atoms with van der Waals surface area (Å²) in [4.78, 5) is 0. The zero-order valence-corrected chi connectivity index (χ0v) is 4.49. The summed E-state index contributed by atoms with van der Waals surface area (Å²) in [7, 11) is 0. The molecule has 0 aliphatic rings. The van der Waals surface area contributed by atoms with Crippen LogP contribution in [-0.2, 0) is 15.9 Å². The highest BCUT2D eigenvalue weighted by Gasteiger charge is 2.08. The molecule has 0 radical (unpaired) electrons. The van der Waals surface area contributed by atoms with Gasteiger partial charge in [-0.2, -0.15) is 0 Å². The van der Waals surface area contributed by atoms with Crippen LogP contribution in [0.4, 0.5) is 0 Å². The maximum atomic E-state index is 9.70. The Morgan fingerprint density at radius 2 is 2.50 bits per heavy atom. The summed E-state index contributed by atoms with van der Waals surface area (Å²) in [5.74, 6) is 0. The summed E-state index contributed by atoms with van der Waals surface area (Å²) >= 11 is 0.550. The number of hydrogen-bond acceptors (Lipinski definition) is 2. The van der Waals surface area contributed by atoms with Crippen LogP contribution in [0.3, 0.4) is 0 Å². The molecule has 0 saturated heterocycles. The third-order valence-corrected chi connectivity index (χ3v) is 1.02. The lowest BCUT2D eigenvalue weighted by atomic mass is 10.5. The van der Waals surface area contributed by atoms with Crippen molar-refractivity contribution in [2.45, 2.75) is 12.2 Å². The van der Waals surface area contributed by atoms with Crippen LogP contribution >= 0.6 is 0 Å². The highest BCUT2D eigenvalue weighted by molar-refractivity contribution is 7.66.